The molecule has 10 heteroatoms. The van der Waals surface area contributed by atoms with Crippen LogP contribution in [0.4, 0.5) is 20.2 Å². The first kappa shape index (κ1) is 23.9. The quantitative estimate of drug-likeness (QED) is 0.362. The molecular formula is C25H19ClF2N4O3. The van der Waals surface area contributed by atoms with Gasteiger partial charge in [0.15, 0.2) is 0 Å². The molecule has 0 unspecified atom stereocenters. The Bertz CT molecular complexity index is 1420. The van der Waals surface area contributed by atoms with Crippen LogP contribution in [-0.2, 0) is 0 Å². The molecule has 1 heterocycles. The van der Waals surface area contributed by atoms with E-state index in [-0.39, 0.29) is 22.0 Å². The number of carbonyl (C=O) groups excluding carboxylic acids is 2. The lowest BCUT2D eigenvalue weighted by molar-refractivity contribution is 0.101. The van der Waals surface area contributed by atoms with Crippen molar-refractivity contribution in [1.29, 1.82) is 0 Å². The Morgan fingerprint density at radius 3 is 2.37 bits per heavy atom. The predicted molar refractivity (Wildman–Crippen MR) is 129 cm³/mol. The molecule has 1 aromatic heterocycles. The number of hydrogen-bond donors (Lipinski definition) is 2. The maximum absolute atomic E-state index is 13.5. The van der Waals surface area contributed by atoms with E-state index in [0.717, 1.165) is 6.07 Å². The molecule has 0 atom stereocenters. The van der Waals surface area contributed by atoms with E-state index >= 15 is 0 Å². The Morgan fingerprint density at radius 2 is 1.69 bits per heavy atom. The van der Waals surface area contributed by atoms with Crippen LogP contribution in [0.15, 0.2) is 66.7 Å². The summed E-state index contributed by atoms with van der Waals surface area (Å²) in [7, 11) is 1.43. The summed E-state index contributed by atoms with van der Waals surface area (Å²) in [5, 5.41) is 9.73. The fourth-order valence-electron chi connectivity index (χ4n) is 3.41. The third kappa shape index (κ3) is 5.15. The number of anilines is 2. The number of methoxy groups -OCH3 is 1. The highest BCUT2D eigenvalue weighted by Crippen LogP contribution is 2.30. The minimum Gasteiger partial charge on any atom is -0.495 e. The van der Waals surface area contributed by atoms with Crippen LogP contribution in [0.1, 0.15) is 26.4 Å². The van der Waals surface area contributed by atoms with Gasteiger partial charge in [-0.1, -0.05) is 17.7 Å². The van der Waals surface area contributed by atoms with Crippen molar-refractivity contribution in [3.63, 3.8) is 0 Å². The number of nitrogens with one attached hydrogen (secondary N) is 2. The molecule has 2 amide bonds. The Balaban J connectivity index is 1.58. The molecule has 4 aromatic rings. The molecule has 35 heavy (non-hydrogen) atoms. The molecule has 3 aromatic carbocycles. The van der Waals surface area contributed by atoms with E-state index in [2.05, 4.69) is 15.7 Å². The molecule has 0 saturated carbocycles. The molecule has 0 saturated heterocycles. The molecule has 0 fully saturated rings. The van der Waals surface area contributed by atoms with Gasteiger partial charge in [0.05, 0.1) is 24.2 Å². The zero-order valence-corrected chi connectivity index (χ0v) is 19.4. The molecule has 178 valence electrons. The average Bonchev–Trinajstić information content (AvgIpc) is 3.13. The average molecular weight is 497 g/mol. The fraction of sp³-hybridized carbons (Fsp3) is 0.0800. The van der Waals surface area contributed by atoms with Crippen LogP contribution in [0.3, 0.4) is 0 Å². The van der Waals surface area contributed by atoms with Gasteiger partial charge < -0.3 is 15.4 Å². The van der Waals surface area contributed by atoms with Crippen LogP contribution < -0.4 is 15.4 Å². The number of aromatic nitrogens is 2. The van der Waals surface area contributed by atoms with Gasteiger partial charge in [-0.2, -0.15) is 5.10 Å². The van der Waals surface area contributed by atoms with Crippen LogP contribution >= 0.6 is 11.6 Å². The second-order valence-electron chi connectivity index (χ2n) is 7.47. The topological polar surface area (TPSA) is 85.2 Å². The lowest BCUT2D eigenvalue weighted by Gasteiger charge is -2.13. The molecule has 2 N–H and O–H groups in total. The van der Waals surface area contributed by atoms with E-state index in [1.54, 1.807) is 19.1 Å². The summed E-state index contributed by atoms with van der Waals surface area (Å²) in [6.45, 7) is 1.62. The number of aryl methyl sites for hydroxylation is 1. The Labute approximate surface area is 204 Å². The largest absolute Gasteiger partial charge is 0.495 e. The molecule has 0 bridgehead atoms. The van der Waals surface area contributed by atoms with E-state index in [4.69, 9.17) is 16.3 Å². The first-order valence-corrected chi connectivity index (χ1v) is 10.7. The fourth-order valence-corrected chi connectivity index (χ4v) is 3.77. The smallest absolute Gasteiger partial charge is 0.260 e. The second kappa shape index (κ2) is 9.94. The SMILES string of the molecule is COc1ccc(NC(=O)c2c(C)nn(-c3ccc(F)cc3)c2Cl)cc1NC(=O)c1cccc(F)c1. The van der Waals surface area contributed by atoms with Gasteiger partial charge in [-0.15, -0.1) is 0 Å². The number of ether oxygens (including phenoxy) is 1. The van der Waals surface area contributed by atoms with Crippen molar-refractivity contribution in [2.75, 3.05) is 17.7 Å². The first-order valence-electron chi connectivity index (χ1n) is 10.3. The summed E-state index contributed by atoms with van der Waals surface area (Å²) in [4.78, 5) is 25.6. The Hall–Kier alpha value is -4.24. The summed E-state index contributed by atoms with van der Waals surface area (Å²) in [6, 6.07) is 15.4. The van der Waals surface area contributed by atoms with Crippen molar-refractivity contribution in [3.8, 4) is 11.4 Å². The van der Waals surface area contributed by atoms with Gasteiger partial charge in [0.1, 0.15) is 28.1 Å². The van der Waals surface area contributed by atoms with Gasteiger partial charge >= 0.3 is 0 Å². The molecular weight excluding hydrogens is 478 g/mol. The highest BCUT2D eigenvalue weighted by molar-refractivity contribution is 6.34. The molecule has 7 nitrogen and oxygen atoms in total. The highest BCUT2D eigenvalue weighted by atomic mass is 35.5. The zero-order chi connectivity index (χ0) is 25.1. The van der Waals surface area contributed by atoms with Crippen molar-refractivity contribution in [2.45, 2.75) is 6.92 Å². The summed E-state index contributed by atoms with van der Waals surface area (Å²) < 4.78 is 33.4. The maximum Gasteiger partial charge on any atom is 0.260 e. The first-order chi connectivity index (χ1) is 16.8. The molecule has 0 spiro atoms. The van der Waals surface area contributed by atoms with Crippen LogP contribution in [-0.4, -0.2) is 28.7 Å². The number of hydrogen-bond acceptors (Lipinski definition) is 4. The van der Waals surface area contributed by atoms with Gasteiger partial charge in [0.2, 0.25) is 0 Å². The van der Waals surface area contributed by atoms with E-state index in [0.29, 0.717) is 22.8 Å². The van der Waals surface area contributed by atoms with Crippen molar-refractivity contribution >= 4 is 34.8 Å². The number of rotatable bonds is 6. The van der Waals surface area contributed by atoms with E-state index in [9.17, 15) is 18.4 Å². The van der Waals surface area contributed by atoms with Gasteiger partial charge in [-0.05, 0) is 67.6 Å². The third-order valence-corrected chi connectivity index (χ3v) is 5.44. The van der Waals surface area contributed by atoms with Gasteiger partial charge in [0.25, 0.3) is 11.8 Å². The number of amides is 2. The summed E-state index contributed by atoms with van der Waals surface area (Å²) >= 11 is 6.43. The van der Waals surface area contributed by atoms with E-state index in [1.807, 2.05) is 0 Å². The van der Waals surface area contributed by atoms with Gasteiger partial charge in [-0.3, -0.25) is 9.59 Å². The standard InChI is InChI=1S/C25H19ClF2N4O3/c1-14-22(23(26)32(31-14)19-9-6-16(27)7-10-19)25(34)29-18-8-11-21(35-2)20(13-18)30-24(33)15-4-3-5-17(28)12-15/h3-13H,1-2H3,(H,29,34)(H,30,33). The van der Waals surface area contributed by atoms with Crippen molar-refractivity contribution in [3.05, 3.63) is 100 Å². The van der Waals surface area contributed by atoms with Gasteiger partial charge in [0, 0.05) is 11.3 Å². The van der Waals surface area contributed by atoms with Crippen LogP contribution in [0.25, 0.3) is 5.69 Å². The normalized spacial score (nSPS) is 10.7. The van der Waals surface area contributed by atoms with Crippen LogP contribution in [0.5, 0.6) is 5.75 Å². The minimum absolute atomic E-state index is 0.0553. The zero-order valence-electron chi connectivity index (χ0n) is 18.6. The highest BCUT2D eigenvalue weighted by Gasteiger charge is 2.22. The van der Waals surface area contributed by atoms with Crippen LogP contribution in [0, 0.1) is 18.6 Å². The maximum atomic E-state index is 13.5. The summed E-state index contributed by atoms with van der Waals surface area (Å²) in [6.07, 6.45) is 0. The van der Waals surface area contributed by atoms with Crippen molar-refractivity contribution in [1.82, 2.24) is 9.78 Å². The molecule has 0 aliphatic rings. The third-order valence-electron chi connectivity index (χ3n) is 5.09. The molecule has 4 rings (SSSR count). The van der Waals surface area contributed by atoms with E-state index in [1.165, 1.54) is 60.3 Å². The monoisotopic (exact) mass is 496 g/mol. The Morgan fingerprint density at radius 1 is 0.943 bits per heavy atom. The molecule has 0 radical (unpaired) electrons. The molecule has 0 aliphatic carbocycles. The minimum atomic E-state index is -0.550. The second-order valence-corrected chi connectivity index (χ2v) is 7.83. The predicted octanol–water partition coefficient (Wildman–Crippen LogP) is 5.63. The summed E-state index contributed by atoms with van der Waals surface area (Å²) in [5.74, 6) is -1.70. The van der Waals surface area contributed by atoms with Gasteiger partial charge in [-0.25, -0.2) is 13.5 Å². The van der Waals surface area contributed by atoms with E-state index < -0.39 is 23.4 Å². The Kier molecular flexibility index (Phi) is 6.79. The number of nitrogens with zero attached hydrogens (tertiary/aromatic N) is 2. The number of carbonyl (C=O) groups is 2. The van der Waals surface area contributed by atoms with Crippen molar-refractivity contribution < 1.29 is 23.1 Å². The number of halogens is 3. The summed E-state index contributed by atoms with van der Waals surface area (Å²) in [5.41, 5.74) is 1.73. The number of benzene rings is 3. The molecule has 0 aliphatic heterocycles. The lowest BCUT2D eigenvalue weighted by atomic mass is 10.2. The lowest BCUT2D eigenvalue weighted by Crippen LogP contribution is -2.15. The van der Waals surface area contributed by atoms with Crippen molar-refractivity contribution in [2.24, 2.45) is 0 Å². The van der Waals surface area contributed by atoms with Crippen LogP contribution in [0.2, 0.25) is 5.15 Å².